The van der Waals surface area contributed by atoms with Crippen LogP contribution in [0.4, 0.5) is 37.9 Å². The van der Waals surface area contributed by atoms with E-state index in [0.29, 0.717) is 34.2 Å². The molecular weight excluding hydrogens is 564 g/mol. The van der Waals surface area contributed by atoms with Crippen molar-refractivity contribution >= 4 is 55.9 Å². The van der Waals surface area contributed by atoms with Crippen molar-refractivity contribution in [2.45, 2.75) is 12.2 Å². The first-order chi connectivity index (χ1) is 20.0. The number of aromatic nitrogens is 4. The lowest BCUT2D eigenvalue weighted by Gasteiger charge is -2.19. The molecule has 0 spiro atoms. The van der Waals surface area contributed by atoms with Gasteiger partial charge in [0, 0.05) is 37.8 Å². The van der Waals surface area contributed by atoms with Crippen LogP contribution in [0.3, 0.4) is 0 Å². The van der Waals surface area contributed by atoms with Crippen molar-refractivity contribution in [2.24, 2.45) is 7.05 Å². The van der Waals surface area contributed by atoms with Crippen LogP contribution in [-0.4, -0.2) is 47.1 Å². The minimum absolute atomic E-state index is 0.0537. The van der Waals surface area contributed by atoms with Crippen molar-refractivity contribution in [1.82, 2.24) is 19.5 Å². The molecule has 0 bridgehead atoms. The van der Waals surface area contributed by atoms with Gasteiger partial charge in [0.1, 0.15) is 23.0 Å². The molecule has 0 radical (unpaired) electrons. The fraction of sp³-hybridized carbons (Fsp3) is 0.172. The lowest BCUT2D eigenvalue weighted by Crippen LogP contribution is -2.18. The number of sulfone groups is 1. The van der Waals surface area contributed by atoms with Crippen molar-refractivity contribution in [1.29, 1.82) is 0 Å². The molecule has 0 saturated carbocycles. The molecule has 1 amide bonds. The summed E-state index contributed by atoms with van der Waals surface area (Å²) in [6.07, 6.45) is 2.42. The molecule has 2 aromatic heterocycles. The highest BCUT2D eigenvalue weighted by Crippen LogP contribution is 2.32. The number of benzene rings is 3. The van der Waals surface area contributed by atoms with Gasteiger partial charge in [-0.05, 0) is 54.1 Å². The van der Waals surface area contributed by atoms with E-state index in [2.05, 4.69) is 25.6 Å². The molecule has 0 atom stereocenters. The molecule has 0 fully saturated rings. The number of carbonyl (C=O) groups is 1. The van der Waals surface area contributed by atoms with Crippen LogP contribution in [-0.2, 0) is 33.9 Å². The monoisotopic (exact) mass is 591 g/mol. The lowest BCUT2D eigenvalue weighted by atomic mass is 10.1. The largest absolute Gasteiger partial charge is 0.327 e. The van der Waals surface area contributed by atoms with E-state index < -0.39 is 27.4 Å². The molecule has 0 aliphatic rings. The van der Waals surface area contributed by atoms with Gasteiger partial charge in [-0.2, -0.15) is 4.98 Å². The van der Waals surface area contributed by atoms with Crippen molar-refractivity contribution in [3.63, 3.8) is 0 Å². The van der Waals surface area contributed by atoms with E-state index in [0.717, 1.165) is 23.7 Å². The van der Waals surface area contributed by atoms with E-state index >= 15 is 0 Å². The second-order valence-electron chi connectivity index (χ2n) is 9.79. The van der Waals surface area contributed by atoms with Crippen molar-refractivity contribution in [3.05, 3.63) is 95.7 Å². The minimum atomic E-state index is -3.18. The van der Waals surface area contributed by atoms with Gasteiger partial charge in [0.2, 0.25) is 17.8 Å². The summed E-state index contributed by atoms with van der Waals surface area (Å²) in [6.45, 7) is 0. The topological polar surface area (TPSA) is 122 Å². The molecule has 0 unspecified atom stereocenters. The fourth-order valence-electron chi connectivity index (χ4n) is 4.49. The third-order valence-electron chi connectivity index (χ3n) is 6.46. The first kappa shape index (κ1) is 28.6. The summed E-state index contributed by atoms with van der Waals surface area (Å²) in [4.78, 5) is 28.0. The van der Waals surface area contributed by atoms with E-state index in [1.807, 2.05) is 30.1 Å². The molecule has 13 heteroatoms. The number of anilines is 5. The summed E-state index contributed by atoms with van der Waals surface area (Å²) in [6, 6.07) is 17.3. The third-order valence-corrected chi connectivity index (χ3v) is 7.32. The number of fused-ring (bicyclic) bond motifs is 1. The zero-order valence-corrected chi connectivity index (χ0v) is 23.8. The predicted molar refractivity (Wildman–Crippen MR) is 158 cm³/mol. The van der Waals surface area contributed by atoms with Crippen LogP contribution in [0.25, 0.3) is 11.0 Å². The average Bonchev–Trinajstić information content (AvgIpc) is 3.24. The number of nitrogens with zero attached hydrogens (tertiary/aromatic N) is 5. The molecule has 42 heavy (non-hydrogen) atoms. The number of hydrogen-bond acceptors (Lipinski definition) is 8. The Morgan fingerprint density at radius 3 is 2.60 bits per heavy atom. The SMILES string of the molecule is CN(c1ccnc(Nc2cccc(CS(C)(=O)=O)c2)n1)c1cccc2c1nc(NC(=O)Cc1cc(F)ccc1F)n2C. The Morgan fingerprint density at radius 1 is 1.02 bits per heavy atom. The Balaban J connectivity index is 1.38. The Bertz CT molecular complexity index is 1910. The smallest absolute Gasteiger partial charge is 0.231 e. The number of halogens is 2. The summed E-state index contributed by atoms with van der Waals surface area (Å²) in [5.41, 5.74) is 3.22. The number of nitrogens with one attached hydrogen (secondary N) is 2. The molecule has 0 saturated heterocycles. The molecule has 2 heterocycles. The maximum atomic E-state index is 14.0. The highest BCUT2D eigenvalue weighted by Gasteiger charge is 2.18. The Morgan fingerprint density at radius 2 is 1.81 bits per heavy atom. The molecule has 10 nitrogen and oxygen atoms in total. The summed E-state index contributed by atoms with van der Waals surface area (Å²) in [5.74, 6) is -0.818. The second kappa shape index (κ2) is 11.5. The maximum absolute atomic E-state index is 14.0. The van der Waals surface area contributed by atoms with E-state index in [-0.39, 0.29) is 23.7 Å². The number of hydrogen-bond donors (Lipinski definition) is 2. The number of para-hydroxylation sites is 1. The molecule has 5 rings (SSSR count). The molecule has 2 N–H and O–H groups in total. The standard InChI is InChI=1S/C29H27F2N7O3S/c1-37(25-12-13-32-28(34-25)33-21-7-4-6-18(14-21)17-42(3,40)41)23-8-5-9-24-27(23)36-29(38(24)2)35-26(39)16-19-15-20(30)10-11-22(19)31/h4-15H,16-17H2,1-3H3,(H,32,33,34)(H,35,36,39). The normalized spacial score (nSPS) is 11.5. The Labute approximate surface area is 241 Å². The van der Waals surface area contributed by atoms with Crippen LogP contribution in [0.2, 0.25) is 0 Å². The number of carbonyl (C=O) groups excluding carboxylic acids is 1. The van der Waals surface area contributed by atoms with Gasteiger partial charge in [-0.15, -0.1) is 0 Å². The van der Waals surface area contributed by atoms with Crippen LogP contribution in [0.1, 0.15) is 11.1 Å². The molecule has 5 aromatic rings. The molecular formula is C29H27F2N7O3S. The maximum Gasteiger partial charge on any atom is 0.231 e. The van der Waals surface area contributed by atoms with Gasteiger partial charge in [-0.1, -0.05) is 18.2 Å². The summed E-state index contributed by atoms with van der Waals surface area (Å²) < 4.78 is 52.6. The molecule has 3 aromatic carbocycles. The quantitative estimate of drug-likeness (QED) is 0.249. The van der Waals surface area contributed by atoms with Gasteiger partial charge >= 0.3 is 0 Å². The summed E-state index contributed by atoms with van der Waals surface area (Å²) in [5, 5.41) is 5.80. The van der Waals surface area contributed by atoms with Crippen LogP contribution < -0.4 is 15.5 Å². The first-order valence-electron chi connectivity index (χ1n) is 12.8. The van der Waals surface area contributed by atoms with Crippen LogP contribution in [0, 0.1) is 11.6 Å². The van der Waals surface area contributed by atoms with Crippen LogP contribution in [0.15, 0.2) is 72.9 Å². The molecule has 0 aliphatic carbocycles. The number of rotatable bonds is 9. The molecule has 216 valence electrons. The third kappa shape index (κ3) is 6.52. The second-order valence-corrected chi connectivity index (χ2v) is 11.9. The summed E-state index contributed by atoms with van der Waals surface area (Å²) in [7, 11) is 0.366. The van der Waals surface area contributed by atoms with E-state index in [1.165, 1.54) is 6.26 Å². The number of imidazole rings is 1. The van der Waals surface area contributed by atoms with Gasteiger partial charge in [-0.3, -0.25) is 10.1 Å². The Kier molecular flexibility index (Phi) is 7.85. The highest BCUT2D eigenvalue weighted by molar-refractivity contribution is 7.89. The van der Waals surface area contributed by atoms with Crippen molar-refractivity contribution in [3.8, 4) is 0 Å². The van der Waals surface area contributed by atoms with Crippen LogP contribution in [0.5, 0.6) is 0 Å². The van der Waals surface area contributed by atoms with Crippen molar-refractivity contribution in [2.75, 3.05) is 28.8 Å². The molecule has 0 aliphatic heterocycles. The van der Waals surface area contributed by atoms with Gasteiger partial charge in [-0.25, -0.2) is 27.2 Å². The Hall–Kier alpha value is -4.91. The van der Waals surface area contributed by atoms with Gasteiger partial charge in [0.05, 0.1) is 23.4 Å². The van der Waals surface area contributed by atoms with Gasteiger partial charge in [0.15, 0.2) is 9.84 Å². The minimum Gasteiger partial charge on any atom is -0.327 e. The predicted octanol–water partition coefficient (Wildman–Crippen LogP) is 4.88. The highest BCUT2D eigenvalue weighted by atomic mass is 32.2. The van der Waals surface area contributed by atoms with Crippen LogP contribution >= 0.6 is 0 Å². The van der Waals surface area contributed by atoms with E-state index in [1.54, 1.807) is 48.1 Å². The van der Waals surface area contributed by atoms with E-state index in [4.69, 9.17) is 0 Å². The lowest BCUT2D eigenvalue weighted by molar-refractivity contribution is -0.115. The average molecular weight is 592 g/mol. The summed E-state index contributed by atoms with van der Waals surface area (Å²) >= 11 is 0. The number of amides is 1. The van der Waals surface area contributed by atoms with E-state index in [9.17, 15) is 22.0 Å². The first-order valence-corrected chi connectivity index (χ1v) is 14.8. The van der Waals surface area contributed by atoms with Gasteiger partial charge < -0.3 is 14.8 Å². The zero-order valence-electron chi connectivity index (χ0n) is 23.0. The number of aryl methyl sites for hydroxylation is 1. The van der Waals surface area contributed by atoms with Crippen molar-refractivity contribution < 1.29 is 22.0 Å². The zero-order chi connectivity index (χ0) is 30.0. The fourth-order valence-corrected chi connectivity index (χ4v) is 5.28. The van der Waals surface area contributed by atoms with Gasteiger partial charge in [0.25, 0.3) is 0 Å².